The van der Waals surface area contributed by atoms with E-state index in [0.29, 0.717) is 11.6 Å². The Balaban J connectivity index is 2.10. The van der Waals surface area contributed by atoms with Gasteiger partial charge in [0.05, 0.1) is 11.6 Å². The SMILES string of the molecule is N#Cc1ccc(NC2CCCCC2N)c(Br)c1. The Labute approximate surface area is 110 Å². The van der Waals surface area contributed by atoms with Crippen LogP contribution in [-0.2, 0) is 0 Å². The fourth-order valence-corrected chi connectivity index (χ4v) is 2.73. The van der Waals surface area contributed by atoms with Crippen LogP contribution in [0.2, 0.25) is 0 Å². The molecule has 2 atom stereocenters. The Hall–Kier alpha value is -1.05. The lowest BCUT2D eigenvalue weighted by Crippen LogP contribution is -2.42. The minimum absolute atomic E-state index is 0.228. The second kappa shape index (κ2) is 5.52. The monoisotopic (exact) mass is 293 g/mol. The zero-order valence-electron chi connectivity index (χ0n) is 9.62. The van der Waals surface area contributed by atoms with Crippen LogP contribution >= 0.6 is 15.9 Å². The smallest absolute Gasteiger partial charge is 0.0992 e. The molecule has 3 nitrogen and oxygen atoms in total. The summed E-state index contributed by atoms with van der Waals surface area (Å²) in [5.74, 6) is 0. The lowest BCUT2D eigenvalue weighted by Gasteiger charge is -2.30. The van der Waals surface area contributed by atoms with Gasteiger partial charge >= 0.3 is 0 Å². The number of anilines is 1. The molecule has 0 spiro atoms. The molecule has 3 N–H and O–H groups in total. The topological polar surface area (TPSA) is 61.8 Å². The van der Waals surface area contributed by atoms with Gasteiger partial charge in [0.2, 0.25) is 0 Å². The fourth-order valence-electron chi connectivity index (χ4n) is 2.24. The van der Waals surface area contributed by atoms with E-state index in [1.165, 1.54) is 12.8 Å². The molecule has 2 unspecified atom stereocenters. The summed E-state index contributed by atoms with van der Waals surface area (Å²) in [6.07, 6.45) is 4.67. The Bertz CT molecular complexity index is 439. The highest BCUT2D eigenvalue weighted by atomic mass is 79.9. The van der Waals surface area contributed by atoms with Gasteiger partial charge in [0, 0.05) is 22.2 Å². The summed E-state index contributed by atoms with van der Waals surface area (Å²) in [5, 5.41) is 12.3. The van der Waals surface area contributed by atoms with Crippen molar-refractivity contribution in [3.8, 4) is 6.07 Å². The van der Waals surface area contributed by atoms with Crippen molar-refractivity contribution in [2.45, 2.75) is 37.8 Å². The Morgan fingerprint density at radius 2 is 2.12 bits per heavy atom. The lowest BCUT2D eigenvalue weighted by atomic mass is 9.91. The highest BCUT2D eigenvalue weighted by Crippen LogP contribution is 2.27. The van der Waals surface area contributed by atoms with Crippen molar-refractivity contribution in [2.24, 2.45) is 5.73 Å². The minimum atomic E-state index is 0.228. The third kappa shape index (κ3) is 2.99. The first-order valence-electron chi connectivity index (χ1n) is 5.92. The zero-order valence-corrected chi connectivity index (χ0v) is 11.2. The molecule has 17 heavy (non-hydrogen) atoms. The van der Waals surface area contributed by atoms with E-state index in [-0.39, 0.29) is 6.04 Å². The quantitative estimate of drug-likeness (QED) is 0.881. The van der Waals surface area contributed by atoms with Crippen LogP contribution in [-0.4, -0.2) is 12.1 Å². The van der Waals surface area contributed by atoms with Crippen LogP contribution in [0.25, 0.3) is 0 Å². The predicted molar refractivity (Wildman–Crippen MR) is 72.7 cm³/mol. The third-order valence-corrected chi connectivity index (χ3v) is 3.91. The van der Waals surface area contributed by atoms with Gasteiger partial charge in [0.1, 0.15) is 0 Å². The van der Waals surface area contributed by atoms with Crippen molar-refractivity contribution >= 4 is 21.6 Å². The van der Waals surface area contributed by atoms with Gasteiger partial charge in [-0.1, -0.05) is 12.8 Å². The van der Waals surface area contributed by atoms with Crippen LogP contribution in [0.5, 0.6) is 0 Å². The molecule has 0 radical (unpaired) electrons. The molecule has 0 saturated heterocycles. The summed E-state index contributed by atoms with van der Waals surface area (Å²) < 4.78 is 0.925. The maximum Gasteiger partial charge on any atom is 0.0992 e. The van der Waals surface area contributed by atoms with Gasteiger partial charge < -0.3 is 11.1 Å². The number of benzene rings is 1. The molecule has 0 heterocycles. The third-order valence-electron chi connectivity index (χ3n) is 3.26. The number of nitrogens with zero attached hydrogens (tertiary/aromatic N) is 1. The lowest BCUT2D eigenvalue weighted by molar-refractivity contribution is 0.404. The fraction of sp³-hybridized carbons (Fsp3) is 0.462. The van der Waals surface area contributed by atoms with Crippen LogP contribution in [0.1, 0.15) is 31.2 Å². The largest absolute Gasteiger partial charge is 0.380 e. The Morgan fingerprint density at radius 1 is 1.35 bits per heavy atom. The number of nitriles is 1. The van der Waals surface area contributed by atoms with Crippen molar-refractivity contribution in [1.82, 2.24) is 0 Å². The van der Waals surface area contributed by atoms with E-state index in [1.807, 2.05) is 18.2 Å². The maximum absolute atomic E-state index is 8.81. The molecule has 0 aliphatic heterocycles. The van der Waals surface area contributed by atoms with E-state index in [1.54, 1.807) is 0 Å². The second-order valence-electron chi connectivity index (χ2n) is 4.51. The van der Waals surface area contributed by atoms with Gasteiger partial charge in [0.25, 0.3) is 0 Å². The highest BCUT2D eigenvalue weighted by molar-refractivity contribution is 9.10. The molecule has 1 fully saturated rings. The van der Waals surface area contributed by atoms with Gasteiger partial charge in [-0.05, 0) is 47.0 Å². The predicted octanol–water partition coefficient (Wildman–Crippen LogP) is 3.00. The Kier molecular flexibility index (Phi) is 4.03. The summed E-state index contributed by atoms with van der Waals surface area (Å²) >= 11 is 3.48. The molecule has 1 aliphatic rings. The van der Waals surface area contributed by atoms with E-state index in [4.69, 9.17) is 11.0 Å². The molecule has 90 valence electrons. The van der Waals surface area contributed by atoms with Gasteiger partial charge in [-0.3, -0.25) is 0 Å². The molecule has 1 aliphatic carbocycles. The van der Waals surface area contributed by atoms with Crippen LogP contribution in [0.4, 0.5) is 5.69 Å². The highest BCUT2D eigenvalue weighted by Gasteiger charge is 2.21. The number of hydrogen-bond donors (Lipinski definition) is 2. The molecule has 1 aromatic carbocycles. The molecule has 4 heteroatoms. The van der Waals surface area contributed by atoms with Crippen molar-refractivity contribution in [2.75, 3.05) is 5.32 Å². The van der Waals surface area contributed by atoms with E-state index in [9.17, 15) is 0 Å². The van der Waals surface area contributed by atoms with Crippen molar-refractivity contribution in [1.29, 1.82) is 5.26 Å². The normalized spacial score (nSPS) is 24.1. The average Bonchev–Trinajstić information content (AvgIpc) is 2.34. The number of rotatable bonds is 2. The zero-order chi connectivity index (χ0) is 12.3. The first-order chi connectivity index (χ1) is 8.20. The number of nitrogens with two attached hydrogens (primary N) is 1. The van der Waals surface area contributed by atoms with Crippen molar-refractivity contribution < 1.29 is 0 Å². The summed E-state index contributed by atoms with van der Waals surface area (Å²) in [6.45, 7) is 0. The molecule has 1 saturated carbocycles. The van der Waals surface area contributed by atoms with Gasteiger partial charge in [-0.15, -0.1) is 0 Å². The van der Waals surface area contributed by atoms with E-state index in [2.05, 4.69) is 27.3 Å². The van der Waals surface area contributed by atoms with Crippen molar-refractivity contribution in [3.63, 3.8) is 0 Å². The molecule has 0 bridgehead atoms. The summed E-state index contributed by atoms with van der Waals surface area (Å²) in [5.41, 5.74) is 7.78. The second-order valence-corrected chi connectivity index (χ2v) is 5.36. The minimum Gasteiger partial charge on any atom is -0.380 e. The van der Waals surface area contributed by atoms with Crippen LogP contribution in [0, 0.1) is 11.3 Å². The first kappa shape index (κ1) is 12.4. The standard InChI is InChI=1S/C13H16BrN3/c14-10-7-9(8-15)5-6-12(10)17-13-4-2-1-3-11(13)16/h5-7,11,13,17H,1-4,16H2. The summed E-state index contributed by atoms with van der Waals surface area (Å²) in [7, 11) is 0. The van der Waals surface area contributed by atoms with Crippen LogP contribution in [0.15, 0.2) is 22.7 Å². The van der Waals surface area contributed by atoms with E-state index < -0.39 is 0 Å². The molecule has 0 aromatic heterocycles. The number of hydrogen-bond acceptors (Lipinski definition) is 3. The summed E-state index contributed by atoms with van der Waals surface area (Å²) in [6, 6.07) is 8.28. The molecule has 0 amide bonds. The van der Waals surface area contributed by atoms with Gasteiger partial charge in [-0.2, -0.15) is 5.26 Å². The van der Waals surface area contributed by atoms with Crippen molar-refractivity contribution in [3.05, 3.63) is 28.2 Å². The van der Waals surface area contributed by atoms with E-state index >= 15 is 0 Å². The molecular weight excluding hydrogens is 278 g/mol. The van der Waals surface area contributed by atoms with Crippen LogP contribution < -0.4 is 11.1 Å². The van der Waals surface area contributed by atoms with Crippen LogP contribution in [0.3, 0.4) is 0 Å². The number of halogens is 1. The molecule has 1 aromatic rings. The maximum atomic E-state index is 8.81. The summed E-state index contributed by atoms with van der Waals surface area (Å²) in [4.78, 5) is 0. The molecular formula is C13H16BrN3. The Morgan fingerprint density at radius 3 is 2.76 bits per heavy atom. The van der Waals surface area contributed by atoms with E-state index in [0.717, 1.165) is 23.0 Å². The average molecular weight is 294 g/mol. The number of nitrogens with one attached hydrogen (secondary N) is 1. The first-order valence-corrected chi connectivity index (χ1v) is 6.72. The molecule has 2 rings (SSSR count). The van der Waals surface area contributed by atoms with Gasteiger partial charge in [0.15, 0.2) is 0 Å². The van der Waals surface area contributed by atoms with Gasteiger partial charge in [-0.25, -0.2) is 0 Å².